The number of hydrogen-bond acceptors (Lipinski definition) is 1. The predicted octanol–water partition coefficient (Wildman–Crippen LogP) is 1.18. The van der Waals surface area contributed by atoms with E-state index in [1.165, 1.54) is 0 Å². The Morgan fingerprint density at radius 2 is 1.77 bits per heavy atom. The fourth-order valence-corrected chi connectivity index (χ4v) is 1.34. The van der Waals surface area contributed by atoms with Gasteiger partial charge in [0.05, 0.1) is 5.69 Å². The molecule has 0 saturated heterocycles. The molecule has 0 N–H and O–H groups in total. The Morgan fingerprint density at radius 1 is 1.08 bits per heavy atom. The molecule has 0 saturated carbocycles. The van der Waals surface area contributed by atoms with E-state index >= 15 is 0 Å². The first kappa shape index (κ1) is 7.86. The summed E-state index contributed by atoms with van der Waals surface area (Å²) in [4.78, 5) is 11.4. The third kappa shape index (κ3) is 1.28. The topological polar surface area (TPSA) is 26.9 Å². The van der Waals surface area contributed by atoms with Gasteiger partial charge >= 0.3 is 0 Å². The second-order valence-electron chi connectivity index (χ2n) is 2.87. The lowest BCUT2D eigenvalue weighted by Gasteiger charge is -2.05. The molecule has 0 fully saturated rings. The first-order valence-electron chi connectivity index (χ1n) is 4.09. The Labute approximate surface area is 75.8 Å². The van der Waals surface area contributed by atoms with Crippen molar-refractivity contribution in [3.8, 4) is 5.69 Å². The second kappa shape index (κ2) is 2.94. The van der Waals surface area contributed by atoms with Gasteiger partial charge in [-0.1, -0.05) is 18.2 Å². The standard InChI is InChI=1S/C10H10N2O/c1-11-8-7-10(13)12(11)9-5-3-2-4-6-9/h2-8H,1H3. The number of aryl methyl sites for hydroxylation is 1. The summed E-state index contributed by atoms with van der Waals surface area (Å²) >= 11 is 0. The van der Waals surface area contributed by atoms with Gasteiger partial charge in [0.1, 0.15) is 0 Å². The fourth-order valence-electron chi connectivity index (χ4n) is 1.34. The van der Waals surface area contributed by atoms with E-state index < -0.39 is 0 Å². The van der Waals surface area contributed by atoms with Crippen LogP contribution in [0.5, 0.6) is 0 Å². The number of rotatable bonds is 1. The molecule has 1 heterocycles. The molecule has 0 bridgehead atoms. The molecule has 0 aliphatic carbocycles. The van der Waals surface area contributed by atoms with Crippen molar-refractivity contribution in [1.29, 1.82) is 0 Å². The van der Waals surface area contributed by atoms with Gasteiger partial charge in [0, 0.05) is 19.3 Å². The molecule has 1 aromatic carbocycles. The summed E-state index contributed by atoms with van der Waals surface area (Å²) in [6, 6.07) is 11.1. The van der Waals surface area contributed by atoms with Crippen molar-refractivity contribution in [3.63, 3.8) is 0 Å². The van der Waals surface area contributed by atoms with Crippen LogP contribution in [0, 0.1) is 0 Å². The van der Waals surface area contributed by atoms with Crippen LogP contribution in [-0.2, 0) is 7.05 Å². The van der Waals surface area contributed by atoms with Crippen LogP contribution in [-0.4, -0.2) is 9.36 Å². The molecular weight excluding hydrogens is 164 g/mol. The minimum atomic E-state index is -0.00583. The van der Waals surface area contributed by atoms with E-state index in [1.807, 2.05) is 37.4 Å². The van der Waals surface area contributed by atoms with E-state index in [2.05, 4.69) is 0 Å². The molecule has 0 unspecified atom stereocenters. The third-order valence-corrected chi connectivity index (χ3v) is 1.96. The predicted molar refractivity (Wildman–Crippen MR) is 51.0 cm³/mol. The summed E-state index contributed by atoms with van der Waals surface area (Å²) in [5, 5.41) is 0. The molecule has 2 rings (SSSR count). The molecule has 0 aliphatic rings. The average molecular weight is 174 g/mol. The zero-order chi connectivity index (χ0) is 9.26. The Kier molecular flexibility index (Phi) is 1.77. The molecule has 0 atom stereocenters. The lowest BCUT2D eigenvalue weighted by atomic mass is 10.3. The van der Waals surface area contributed by atoms with E-state index in [0.717, 1.165) is 5.69 Å². The smallest absolute Gasteiger partial charge is 0.271 e. The summed E-state index contributed by atoms with van der Waals surface area (Å²) in [7, 11) is 1.84. The van der Waals surface area contributed by atoms with Gasteiger partial charge in [0.15, 0.2) is 0 Å². The minimum absolute atomic E-state index is 0.00583. The Hall–Kier alpha value is -1.77. The van der Waals surface area contributed by atoms with Crippen LogP contribution < -0.4 is 5.56 Å². The summed E-state index contributed by atoms with van der Waals surface area (Å²) in [6.07, 6.45) is 1.75. The van der Waals surface area contributed by atoms with E-state index in [-0.39, 0.29) is 5.56 Å². The number of para-hydroxylation sites is 1. The lowest BCUT2D eigenvalue weighted by Crippen LogP contribution is -2.18. The van der Waals surface area contributed by atoms with Gasteiger partial charge in [0.2, 0.25) is 0 Å². The molecule has 0 radical (unpaired) electrons. The number of aromatic nitrogens is 2. The Balaban J connectivity index is 2.65. The molecule has 1 aromatic heterocycles. The molecule has 66 valence electrons. The zero-order valence-electron chi connectivity index (χ0n) is 7.34. The summed E-state index contributed by atoms with van der Waals surface area (Å²) in [5.41, 5.74) is 0.883. The van der Waals surface area contributed by atoms with Crippen molar-refractivity contribution in [2.75, 3.05) is 0 Å². The van der Waals surface area contributed by atoms with Crippen LogP contribution in [0.1, 0.15) is 0 Å². The summed E-state index contributed by atoms with van der Waals surface area (Å²) in [5.74, 6) is 0. The molecule has 0 aliphatic heterocycles. The Bertz CT molecular complexity index is 453. The Morgan fingerprint density at radius 3 is 2.31 bits per heavy atom. The molecular formula is C10H10N2O. The van der Waals surface area contributed by atoms with Crippen LogP contribution in [0.25, 0.3) is 5.69 Å². The SMILES string of the molecule is Cn1ccc(=O)n1-c1ccccc1. The summed E-state index contributed by atoms with van der Waals surface area (Å²) < 4.78 is 3.37. The monoisotopic (exact) mass is 174 g/mol. The van der Waals surface area contributed by atoms with Gasteiger partial charge < -0.3 is 0 Å². The molecule has 3 nitrogen and oxygen atoms in total. The van der Waals surface area contributed by atoms with Gasteiger partial charge in [-0.2, -0.15) is 0 Å². The lowest BCUT2D eigenvalue weighted by molar-refractivity contribution is 0.646. The van der Waals surface area contributed by atoms with Crippen molar-refractivity contribution in [1.82, 2.24) is 9.36 Å². The van der Waals surface area contributed by atoms with Crippen molar-refractivity contribution in [2.45, 2.75) is 0 Å². The molecule has 3 heteroatoms. The van der Waals surface area contributed by atoms with Crippen molar-refractivity contribution in [3.05, 3.63) is 52.9 Å². The maximum Gasteiger partial charge on any atom is 0.271 e. The summed E-state index contributed by atoms with van der Waals surface area (Å²) in [6.45, 7) is 0. The third-order valence-electron chi connectivity index (χ3n) is 1.96. The van der Waals surface area contributed by atoms with Crippen molar-refractivity contribution in [2.24, 2.45) is 7.05 Å². The average Bonchev–Trinajstić information content (AvgIpc) is 2.48. The van der Waals surface area contributed by atoms with E-state index in [0.29, 0.717) is 0 Å². The number of benzene rings is 1. The number of nitrogens with zero attached hydrogens (tertiary/aromatic N) is 2. The first-order chi connectivity index (χ1) is 6.29. The van der Waals surface area contributed by atoms with Crippen molar-refractivity contribution < 1.29 is 0 Å². The highest BCUT2D eigenvalue weighted by atomic mass is 16.1. The maximum absolute atomic E-state index is 11.4. The van der Waals surface area contributed by atoms with Gasteiger partial charge in [-0.3, -0.25) is 9.48 Å². The van der Waals surface area contributed by atoms with Crippen LogP contribution in [0.4, 0.5) is 0 Å². The highest BCUT2D eigenvalue weighted by molar-refractivity contribution is 5.30. The van der Waals surface area contributed by atoms with E-state index in [4.69, 9.17) is 0 Å². The minimum Gasteiger partial charge on any atom is -0.288 e. The fraction of sp³-hybridized carbons (Fsp3) is 0.100. The number of hydrogen-bond donors (Lipinski definition) is 0. The van der Waals surface area contributed by atoms with E-state index in [9.17, 15) is 4.79 Å². The van der Waals surface area contributed by atoms with Crippen LogP contribution in [0.15, 0.2) is 47.4 Å². The van der Waals surface area contributed by atoms with E-state index in [1.54, 1.807) is 21.6 Å². The zero-order valence-corrected chi connectivity index (χ0v) is 7.34. The van der Waals surface area contributed by atoms with Gasteiger partial charge in [-0.15, -0.1) is 0 Å². The molecule has 13 heavy (non-hydrogen) atoms. The van der Waals surface area contributed by atoms with Crippen LogP contribution >= 0.6 is 0 Å². The highest BCUT2D eigenvalue weighted by Gasteiger charge is 2.00. The normalized spacial score (nSPS) is 10.2. The van der Waals surface area contributed by atoms with Crippen molar-refractivity contribution >= 4 is 0 Å². The van der Waals surface area contributed by atoms with Crippen LogP contribution in [0.3, 0.4) is 0 Å². The quantitative estimate of drug-likeness (QED) is 0.637. The molecule has 2 aromatic rings. The van der Waals surface area contributed by atoms with Crippen LogP contribution in [0.2, 0.25) is 0 Å². The highest BCUT2D eigenvalue weighted by Crippen LogP contribution is 2.02. The maximum atomic E-state index is 11.4. The van der Waals surface area contributed by atoms with Gasteiger partial charge in [0.25, 0.3) is 5.56 Å². The van der Waals surface area contributed by atoms with Gasteiger partial charge in [-0.25, -0.2) is 4.68 Å². The second-order valence-corrected chi connectivity index (χ2v) is 2.87. The first-order valence-corrected chi connectivity index (χ1v) is 4.09. The molecule has 0 spiro atoms. The largest absolute Gasteiger partial charge is 0.288 e. The molecule has 0 amide bonds. The van der Waals surface area contributed by atoms with Gasteiger partial charge in [-0.05, 0) is 12.1 Å².